The van der Waals surface area contributed by atoms with Gasteiger partial charge >= 0.3 is 0 Å². The van der Waals surface area contributed by atoms with Gasteiger partial charge in [0.2, 0.25) is 10.0 Å². The Balaban J connectivity index is 3.38. The normalized spacial score (nSPS) is 14.3. The van der Waals surface area contributed by atoms with E-state index in [4.69, 9.17) is 0 Å². The summed E-state index contributed by atoms with van der Waals surface area (Å²) in [5.41, 5.74) is 0. The summed E-state index contributed by atoms with van der Waals surface area (Å²) in [6.07, 6.45) is 20.4. The standard InChI is InChI=1S/C22H47NO3S2/c1-4-5-6-7-8-9-10-11-12-13-14-15-16-17-18-27-20-22(19-24)21(2)23-28(3,25)26/h21-24H,4-20H2,1-3H3. The summed E-state index contributed by atoms with van der Waals surface area (Å²) in [6.45, 7) is 4.12. The lowest BCUT2D eigenvalue weighted by atomic mass is 10.0. The Labute approximate surface area is 180 Å². The zero-order chi connectivity index (χ0) is 21.1. The topological polar surface area (TPSA) is 66.4 Å². The first kappa shape index (κ1) is 28.2. The van der Waals surface area contributed by atoms with E-state index in [1.165, 1.54) is 96.1 Å². The SMILES string of the molecule is CCCCCCCCCCCCCCCCSCC(CO)C(C)NS(C)(=O)=O. The van der Waals surface area contributed by atoms with Crippen molar-refractivity contribution in [2.75, 3.05) is 24.4 Å². The van der Waals surface area contributed by atoms with Crippen LogP contribution in [0.2, 0.25) is 0 Å². The number of rotatable bonds is 21. The molecule has 4 nitrogen and oxygen atoms in total. The Bertz CT molecular complexity index is 429. The highest BCUT2D eigenvalue weighted by Gasteiger charge is 2.19. The van der Waals surface area contributed by atoms with Gasteiger partial charge in [-0.3, -0.25) is 0 Å². The van der Waals surface area contributed by atoms with Crippen LogP contribution in [0.25, 0.3) is 0 Å². The third kappa shape index (κ3) is 19.5. The van der Waals surface area contributed by atoms with Crippen molar-refractivity contribution in [3.63, 3.8) is 0 Å². The van der Waals surface area contributed by atoms with Crippen LogP contribution in [0.4, 0.5) is 0 Å². The van der Waals surface area contributed by atoms with E-state index in [0.29, 0.717) is 0 Å². The first-order valence-electron chi connectivity index (χ1n) is 11.6. The van der Waals surface area contributed by atoms with E-state index in [0.717, 1.165) is 11.5 Å². The molecule has 2 atom stereocenters. The Morgan fingerprint density at radius 3 is 1.64 bits per heavy atom. The molecular formula is C22H47NO3S2. The van der Waals surface area contributed by atoms with E-state index in [1.54, 1.807) is 0 Å². The average molecular weight is 438 g/mol. The van der Waals surface area contributed by atoms with Gasteiger partial charge in [-0.15, -0.1) is 0 Å². The molecule has 0 rings (SSSR count). The maximum Gasteiger partial charge on any atom is 0.208 e. The second kappa shape index (κ2) is 19.2. The predicted octanol–water partition coefficient (Wildman–Crippen LogP) is 5.75. The molecule has 0 heterocycles. The first-order valence-corrected chi connectivity index (χ1v) is 14.6. The molecule has 2 unspecified atom stereocenters. The molecule has 0 aromatic carbocycles. The molecule has 170 valence electrons. The number of aliphatic hydroxyl groups is 1. The van der Waals surface area contributed by atoms with E-state index < -0.39 is 10.0 Å². The summed E-state index contributed by atoms with van der Waals surface area (Å²) < 4.78 is 25.1. The first-order chi connectivity index (χ1) is 13.4. The summed E-state index contributed by atoms with van der Waals surface area (Å²) in [5.74, 6) is 1.88. The molecule has 0 radical (unpaired) electrons. The van der Waals surface area contributed by atoms with Crippen LogP contribution in [-0.4, -0.2) is 43.9 Å². The largest absolute Gasteiger partial charge is 0.396 e. The van der Waals surface area contributed by atoms with Crippen LogP contribution in [0.5, 0.6) is 0 Å². The molecule has 0 aromatic rings. The van der Waals surface area contributed by atoms with Crippen molar-refractivity contribution in [1.29, 1.82) is 0 Å². The third-order valence-electron chi connectivity index (χ3n) is 5.32. The molecule has 2 N–H and O–H groups in total. The minimum atomic E-state index is -3.21. The predicted molar refractivity (Wildman–Crippen MR) is 126 cm³/mol. The summed E-state index contributed by atoms with van der Waals surface area (Å²) in [7, 11) is -3.21. The number of aliphatic hydroxyl groups excluding tert-OH is 1. The summed E-state index contributed by atoms with van der Waals surface area (Å²) in [4.78, 5) is 0. The molecule has 0 aromatic heterocycles. The Morgan fingerprint density at radius 1 is 0.821 bits per heavy atom. The highest BCUT2D eigenvalue weighted by atomic mass is 32.2. The van der Waals surface area contributed by atoms with E-state index in [-0.39, 0.29) is 18.6 Å². The summed E-state index contributed by atoms with van der Waals surface area (Å²) in [5, 5.41) is 9.47. The fraction of sp³-hybridized carbons (Fsp3) is 1.00. The molecule has 0 saturated carbocycles. The fourth-order valence-corrected chi connectivity index (χ4v) is 5.56. The van der Waals surface area contributed by atoms with Crippen molar-refractivity contribution in [2.24, 2.45) is 5.92 Å². The van der Waals surface area contributed by atoms with Crippen molar-refractivity contribution in [2.45, 2.75) is 110 Å². The van der Waals surface area contributed by atoms with Crippen LogP contribution in [0.15, 0.2) is 0 Å². The molecule has 0 amide bonds. The van der Waals surface area contributed by atoms with Crippen LogP contribution in [-0.2, 0) is 10.0 Å². The number of nitrogens with one attached hydrogen (secondary N) is 1. The molecule has 0 saturated heterocycles. The van der Waals surface area contributed by atoms with Crippen molar-refractivity contribution in [3.05, 3.63) is 0 Å². The minimum absolute atomic E-state index is 0.0219. The molecule has 0 spiro atoms. The summed E-state index contributed by atoms with van der Waals surface area (Å²) >= 11 is 1.83. The molecular weight excluding hydrogens is 390 g/mol. The van der Waals surface area contributed by atoms with E-state index in [2.05, 4.69) is 11.6 Å². The second-order valence-corrected chi connectivity index (χ2v) is 11.2. The Morgan fingerprint density at radius 2 is 1.25 bits per heavy atom. The smallest absolute Gasteiger partial charge is 0.208 e. The van der Waals surface area contributed by atoms with Gasteiger partial charge in [0.25, 0.3) is 0 Å². The van der Waals surface area contributed by atoms with Gasteiger partial charge in [-0.05, 0) is 24.9 Å². The van der Waals surface area contributed by atoms with E-state index >= 15 is 0 Å². The van der Waals surface area contributed by atoms with Gasteiger partial charge in [0.05, 0.1) is 6.26 Å². The number of thioether (sulfide) groups is 1. The quantitative estimate of drug-likeness (QED) is 0.224. The van der Waals surface area contributed by atoms with Crippen molar-refractivity contribution in [1.82, 2.24) is 4.72 Å². The molecule has 6 heteroatoms. The van der Waals surface area contributed by atoms with Crippen LogP contribution in [0.3, 0.4) is 0 Å². The van der Waals surface area contributed by atoms with Crippen LogP contribution in [0, 0.1) is 5.92 Å². The maximum absolute atomic E-state index is 11.3. The van der Waals surface area contributed by atoms with Gasteiger partial charge < -0.3 is 5.11 Å². The highest BCUT2D eigenvalue weighted by Crippen LogP contribution is 2.16. The van der Waals surface area contributed by atoms with Crippen molar-refractivity contribution >= 4 is 21.8 Å². The van der Waals surface area contributed by atoms with Gasteiger partial charge in [-0.25, -0.2) is 13.1 Å². The average Bonchev–Trinajstić information content (AvgIpc) is 2.63. The molecule has 0 aliphatic heterocycles. The van der Waals surface area contributed by atoms with Crippen LogP contribution >= 0.6 is 11.8 Å². The number of unbranched alkanes of at least 4 members (excludes halogenated alkanes) is 13. The fourth-order valence-electron chi connectivity index (χ4n) is 3.42. The third-order valence-corrected chi connectivity index (χ3v) is 7.36. The monoisotopic (exact) mass is 437 g/mol. The molecule has 0 fully saturated rings. The van der Waals surface area contributed by atoms with Crippen molar-refractivity contribution in [3.8, 4) is 0 Å². The minimum Gasteiger partial charge on any atom is -0.396 e. The van der Waals surface area contributed by atoms with Crippen LogP contribution < -0.4 is 4.72 Å². The van der Waals surface area contributed by atoms with Gasteiger partial charge in [0.1, 0.15) is 0 Å². The lowest BCUT2D eigenvalue weighted by Gasteiger charge is -2.21. The van der Waals surface area contributed by atoms with Gasteiger partial charge in [0.15, 0.2) is 0 Å². The Kier molecular flexibility index (Phi) is 19.4. The zero-order valence-electron chi connectivity index (χ0n) is 18.8. The highest BCUT2D eigenvalue weighted by molar-refractivity contribution is 7.99. The lowest BCUT2D eigenvalue weighted by Crippen LogP contribution is -2.40. The number of hydrogen-bond donors (Lipinski definition) is 2. The summed E-state index contributed by atoms with van der Waals surface area (Å²) in [6, 6.07) is -0.219. The molecule has 28 heavy (non-hydrogen) atoms. The number of hydrogen-bond acceptors (Lipinski definition) is 4. The molecule has 0 aliphatic carbocycles. The van der Waals surface area contributed by atoms with Crippen molar-refractivity contribution < 1.29 is 13.5 Å². The van der Waals surface area contributed by atoms with E-state index in [9.17, 15) is 13.5 Å². The lowest BCUT2D eigenvalue weighted by molar-refractivity contribution is 0.219. The van der Waals surface area contributed by atoms with E-state index in [1.807, 2.05) is 18.7 Å². The Hall–Kier alpha value is 0.220. The molecule has 0 aliphatic rings. The molecule has 0 bridgehead atoms. The second-order valence-electron chi connectivity index (χ2n) is 8.29. The van der Waals surface area contributed by atoms with Gasteiger partial charge in [-0.1, -0.05) is 90.4 Å². The van der Waals surface area contributed by atoms with Crippen LogP contribution in [0.1, 0.15) is 104 Å². The van der Waals surface area contributed by atoms with Gasteiger partial charge in [0, 0.05) is 18.6 Å². The maximum atomic E-state index is 11.3. The number of sulfonamides is 1. The van der Waals surface area contributed by atoms with Gasteiger partial charge in [-0.2, -0.15) is 11.8 Å². The zero-order valence-corrected chi connectivity index (χ0v) is 20.4.